The second-order valence-electron chi connectivity index (χ2n) is 12.9. The van der Waals surface area contributed by atoms with Gasteiger partial charge in [0.1, 0.15) is 12.3 Å². The number of nitrogens with one attached hydrogen (secondary N) is 1. The fraction of sp³-hybridized carbons (Fsp3) is 0.706. The number of likely N-dealkylation sites (N-methyl/N-ethyl adjacent to an activating group) is 2. The average molecular weight is 688 g/mol. The molecule has 256 valence electrons. The van der Waals surface area contributed by atoms with Crippen LogP contribution in [0.2, 0.25) is 0 Å². The van der Waals surface area contributed by atoms with Crippen molar-refractivity contribution in [2.75, 3.05) is 45.7 Å². The van der Waals surface area contributed by atoms with Gasteiger partial charge in [-0.25, -0.2) is 0 Å². The average Bonchev–Trinajstić information content (AvgIpc) is 3.64. The van der Waals surface area contributed by atoms with E-state index >= 15 is 0 Å². The minimum Gasteiger partial charge on any atom is -0.348 e. The summed E-state index contributed by atoms with van der Waals surface area (Å²) < 4.78 is 0. The van der Waals surface area contributed by atoms with Crippen LogP contribution in [0.1, 0.15) is 78.6 Å². The molecule has 0 aromatic carbocycles. The zero-order chi connectivity index (χ0) is 34.1. The molecule has 11 heteroatoms. The van der Waals surface area contributed by atoms with E-state index in [9.17, 15) is 19.2 Å². The normalized spacial score (nSPS) is 17.8. The first-order valence-electron chi connectivity index (χ1n) is 16.1. The van der Waals surface area contributed by atoms with Crippen molar-refractivity contribution in [2.45, 2.75) is 96.7 Å². The smallest absolute Gasteiger partial charge is 0.243 e. The number of carbonyl (C=O) groups is 4. The van der Waals surface area contributed by atoms with Gasteiger partial charge in [0.2, 0.25) is 17.7 Å². The summed E-state index contributed by atoms with van der Waals surface area (Å²) in [6, 6.07) is -0.797. The van der Waals surface area contributed by atoms with Crippen molar-refractivity contribution in [3.8, 4) is 0 Å². The van der Waals surface area contributed by atoms with E-state index in [1.54, 1.807) is 18.0 Å². The summed E-state index contributed by atoms with van der Waals surface area (Å²) in [5.74, 6) is 2.80. The Hall–Kier alpha value is -1.81. The highest BCUT2D eigenvalue weighted by molar-refractivity contribution is 7.99. The van der Waals surface area contributed by atoms with Crippen molar-refractivity contribution in [3.05, 3.63) is 34.9 Å². The Balaban J connectivity index is 0.00000238. The molecule has 3 amide bonds. The molecular weight excluding hydrogens is 631 g/mol. The van der Waals surface area contributed by atoms with Crippen LogP contribution in [0.5, 0.6) is 0 Å². The van der Waals surface area contributed by atoms with E-state index in [0.717, 1.165) is 62.5 Å². The third kappa shape index (κ3) is 16.5. The first-order valence-corrected chi connectivity index (χ1v) is 18.0. The van der Waals surface area contributed by atoms with Gasteiger partial charge in [0.25, 0.3) is 0 Å². The van der Waals surface area contributed by atoms with Gasteiger partial charge in [0.15, 0.2) is 0 Å². The SMILES string of the molecule is C=C(Cl)/C=C(/C[C@@H](C(=O)N1CCCC1CSCCCCC(C(=O)NCC=O)N(C)C(=O)CC1CC1)N(C)C)C(=C)Cl.CC(C)C. The predicted octanol–water partition coefficient (Wildman–Crippen LogP) is 6.24. The molecule has 2 fully saturated rings. The summed E-state index contributed by atoms with van der Waals surface area (Å²) in [6.45, 7) is 14.7. The molecule has 1 heterocycles. The Labute approximate surface area is 286 Å². The molecule has 1 saturated heterocycles. The molecule has 0 aromatic heterocycles. The number of thioether (sulfide) groups is 1. The summed E-state index contributed by atoms with van der Waals surface area (Å²) in [5.41, 5.74) is 0.696. The van der Waals surface area contributed by atoms with Crippen LogP contribution in [0.4, 0.5) is 0 Å². The van der Waals surface area contributed by atoms with Gasteiger partial charge in [-0.3, -0.25) is 19.3 Å². The van der Waals surface area contributed by atoms with Gasteiger partial charge in [-0.15, -0.1) is 0 Å². The fourth-order valence-corrected chi connectivity index (χ4v) is 6.49. The standard InChI is InChI=1S/C30H46Cl2N4O4S.C4H10/c1-21(31)17-24(22(2)32)19-27(34(3)4)30(40)36-14-8-9-25(36)20-41-16-7-6-10-26(29(39)33-13-15-37)35(5)28(38)18-23-11-12-23;1-4(2)3/h15,17,23,25-27H,1-2,6-14,16,18-20H2,3-5H3,(H,33,39);4H,1-3H3/b24-17-;/t25?,26?,27-;/m0./s1. The second kappa shape index (κ2) is 21.9. The number of aldehydes is 1. The van der Waals surface area contributed by atoms with E-state index in [1.165, 1.54) is 0 Å². The molecule has 8 nitrogen and oxygen atoms in total. The maximum absolute atomic E-state index is 13.6. The zero-order valence-corrected chi connectivity index (χ0v) is 30.6. The summed E-state index contributed by atoms with van der Waals surface area (Å²) >= 11 is 14.0. The van der Waals surface area contributed by atoms with Gasteiger partial charge in [-0.2, -0.15) is 11.8 Å². The molecule has 1 N–H and O–H groups in total. The Morgan fingerprint density at radius 3 is 2.22 bits per heavy atom. The molecule has 45 heavy (non-hydrogen) atoms. The molecular formula is C34H56Cl2N4O4S. The number of hydrogen-bond donors (Lipinski definition) is 1. The molecule has 0 spiro atoms. The Kier molecular flexibility index (Phi) is 20.0. The Morgan fingerprint density at radius 1 is 1.04 bits per heavy atom. The number of allylic oxidation sites excluding steroid dienone is 3. The number of nitrogens with zero attached hydrogens (tertiary/aromatic N) is 3. The van der Waals surface area contributed by atoms with Crippen LogP contribution < -0.4 is 5.32 Å². The second-order valence-corrected chi connectivity index (χ2v) is 15.0. The largest absolute Gasteiger partial charge is 0.348 e. The molecule has 2 rings (SSSR count). The van der Waals surface area contributed by atoms with Gasteiger partial charge in [0, 0.05) is 41.9 Å². The number of rotatable bonds is 19. The Bertz CT molecular complexity index is 1030. The van der Waals surface area contributed by atoms with Crippen LogP contribution in [0.3, 0.4) is 0 Å². The highest BCUT2D eigenvalue weighted by Gasteiger charge is 2.35. The van der Waals surface area contributed by atoms with Crippen LogP contribution in [0, 0.1) is 11.8 Å². The number of carbonyl (C=O) groups excluding carboxylic acids is 4. The first kappa shape index (κ1) is 41.2. The summed E-state index contributed by atoms with van der Waals surface area (Å²) in [4.78, 5) is 55.1. The number of likely N-dealkylation sites (tertiary alicyclic amines) is 1. The minimum atomic E-state index is -0.573. The molecule has 1 saturated carbocycles. The lowest BCUT2D eigenvalue weighted by molar-refractivity contribution is -0.139. The maximum Gasteiger partial charge on any atom is 0.243 e. The van der Waals surface area contributed by atoms with E-state index < -0.39 is 6.04 Å². The maximum atomic E-state index is 13.6. The van der Waals surface area contributed by atoms with Crippen LogP contribution in [0.25, 0.3) is 0 Å². The van der Waals surface area contributed by atoms with Gasteiger partial charge in [-0.05, 0) is 88.3 Å². The van der Waals surface area contributed by atoms with Crippen LogP contribution in [0.15, 0.2) is 34.9 Å². The molecule has 1 aliphatic heterocycles. The quantitative estimate of drug-likeness (QED) is 0.0984. The van der Waals surface area contributed by atoms with E-state index in [0.29, 0.717) is 47.1 Å². The first-order chi connectivity index (χ1) is 21.2. The van der Waals surface area contributed by atoms with Gasteiger partial charge in [-0.1, -0.05) is 63.6 Å². The van der Waals surface area contributed by atoms with Gasteiger partial charge >= 0.3 is 0 Å². The van der Waals surface area contributed by atoms with Gasteiger partial charge in [0.05, 0.1) is 12.6 Å². The molecule has 0 bridgehead atoms. The highest BCUT2D eigenvalue weighted by atomic mass is 35.5. The molecule has 1 aliphatic carbocycles. The van der Waals surface area contributed by atoms with Crippen molar-refractivity contribution < 1.29 is 19.2 Å². The fourth-order valence-electron chi connectivity index (χ4n) is 5.04. The van der Waals surface area contributed by atoms with Crippen molar-refractivity contribution >= 4 is 59.0 Å². The molecule has 0 radical (unpaired) electrons. The van der Waals surface area contributed by atoms with E-state index in [4.69, 9.17) is 23.2 Å². The minimum absolute atomic E-state index is 0.0132. The van der Waals surface area contributed by atoms with Crippen LogP contribution in [-0.4, -0.2) is 103 Å². The predicted molar refractivity (Wildman–Crippen MR) is 190 cm³/mol. The van der Waals surface area contributed by atoms with E-state index in [2.05, 4.69) is 39.2 Å². The van der Waals surface area contributed by atoms with Gasteiger partial charge < -0.3 is 19.9 Å². The lowest BCUT2D eigenvalue weighted by Crippen LogP contribution is -2.48. The molecule has 0 aromatic rings. The number of halogens is 2. The van der Waals surface area contributed by atoms with E-state index in [-0.39, 0.29) is 36.3 Å². The van der Waals surface area contributed by atoms with Crippen molar-refractivity contribution in [2.24, 2.45) is 11.8 Å². The van der Waals surface area contributed by atoms with E-state index in [1.807, 2.05) is 35.7 Å². The number of unbranched alkanes of at least 4 members (excludes halogenated alkanes) is 1. The highest BCUT2D eigenvalue weighted by Crippen LogP contribution is 2.33. The molecule has 2 unspecified atom stereocenters. The topological polar surface area (TPSA) is 90.0 Å². The zero-order valence-electron chi connectivity index (χ0n) is 28.3. The lowest BCUT2D eigenvalue weighted by Gasteiger charge is -2.32. The third-order valence-corrected chi connectivity index (χ3v) is 9.22. The Morgan fingerprint density at radius 2 is 1.69 bits per heavy atom. The third-order valence-electron chi connectivity index (χ3n) is 7.67. The molecule has 2 aliphatic rings. The van der Waals surface area contributed by atoms with Crippen molar-refractivity contribution in [3.63, 3.8) is 0 Å². The van der Waals surface area contributed by atoms with Crippen molar-refractivity contribution in [1.29, 1.82) is 0 Å². The van der Waals surface area contributed by atoms with Crippen LogP contribution in [-0.2, 0) is 19.2 Å². The number of amides is 3. The monoisotopic (exact) mass is 686 g/mol. The van der Waals surface area contributed by atoms with Crippen molar-refractivity contribution in [1.82, 2.24) is 20.0 Å². The summed E-state index contributed by atoms with van der Waals surface area (Å²) in [6.07, 6.45) is 9.50. The summed E-state index contributed by atoms with van der Waals surface area (Å²) in [7, 11) is 5.46. The van der Waals surface area contributed by atoms with Crippen LogP contribution >= 0.6 is 35.0 Å². The molecule has 3 atom stereocenters. The summed E-state index contributed by atoms with van der Waals surface area (Å²) in [5, 5.41) is 3.30. The number of hydrogen-bond acceptors (Lipinski definition) is 6. The lowest BCUT2D eigenvalue weighted by atomic mass is 10.0.